The Balaban J connectivity index is 2.03. The molecule has 0 radical (unpaired) electrons. The van der Waals surface area contributed by atoms with Gasteiger partial charge in [-0.05, 0) is 60.7 Å². The first-order valence-electron chi connectivity index (χ1n) is 8.02. The van der Waals surface area contributed by atoms with Crippen LogP contribution in [0.15, 0.2) is 48.6 Å². The smallest absolute Gasteiger partial charge is 0.163 e. The topological polar surface area (TPSA) is 52.6 Å². The molecular formula is C21H18F2O4. The van der Waals surface area contributed by atoms with Crippen molar-refractivity contribution in [1.29, 1.82) is 0 Å². The second-order valence-electron chi connectivity index (χ2n) is 5.55. The van der Waals surface area contributed by atoms with E-state index in [1.54, 1.807) is 0 Å². The highest BCUT2D eigenvalue weighted by molar-refractivity contribution is 6.11. The van der Waals surface area contributed by atoms with Crippen molar-refractivity contribution < 1.29 is 27.8 Å². The summed E-state index contributed by atoms with van der Waals surface area (Å²) in [4.78, 5) is 23.9. The first kappa shape index (κ1) is 20.0. The number of ketones is 2. The van der Waals surface area contributed by atoms with Gasteiger partial charge in [-0.15, -0.1) is 0 Å². The molecule has 0 unspecified atom stereocenters. The summed E-state index contributed by atoms with van der Waals surface area (Å²) >= 11 is 0. The van der Waals surface area contributed by atoms with Crippen LogP contribution in [0.4, 0.5) is 8.78 Å². The quantitative estimate of drug-likeness (QED) is 0.514. The van der Waals surface area contributed by atoms with Crippen molar-refractivity contribution in [3.8, 4) is 11.5 Å². The van der Waals surface area contributed by atoms with Gasteiger partial charge in [-0.1, -0.05) is 0 Å². The lowest BCUT2D eigenvalue weighted by molar-refractivity contribution is -0.121. The Morgan fingerprint density at radius 3 is 1.59 bits per heavy atom. The first-order valence-corrected chi connectivity index (χ1v) is 8.02. The minimum atomic E-state index is -0.467. The third-order valence-corrected chi connectivity index (χ3v) is 3.63. The van der Waals surface area contributed by atoms with E-state index in [0.29, 0.717) is 22.6 Å². The third kappa shape index (κ3) is 5.88. The Bertz CT molecular complexity index is 828. The second kappa shape index (κ2) is 9.43. The van der Waals surface area contributed by atoms with Gasteiger partial charge in [-0.2, -0.15) is 0 Å². The van der Waals surface area contributed by atoms with Crippen molar-refractivity contribution in [3.63, 3.8) is 0 Å². The average Bonchev–Trinajstić information content (AvgIpc) is 2.65. The number of allylic oxidation sites excluding steroid dienone is 2. The van der Waals surface area contributed by atoms with Crippen LogP contribution < -0.4 is 9.47 Å². The summed E-state index contributed by atoms with van der Waals surface area (Å²) in [6.07, 6.45) is 4.77. The number of hydrogen-bond donors (Lipinski definition) is 0. The van der Waals surface area contributed by atoms with Crippen LogP contribution in [0.25, 0.3) is 12.2 Å². The summed E-state index contributed by atoms with van der Waals surface area (Å²) in [5, 5.41) is 0. The number of hydrogen-bond acceptors (Lipinski definition) is 4. The Morgan fingerprint density at radius 1 is 0.815 bits per heavy atom. The molecule has 0 spiro atoms. The van der Waals surface area contributed by atoms with Gasteiger partial charge in [0.1, 0.15) is 23.1 Å². The molecule has 140 valence electrons. The number of methoxy groups -OCH3 is 2. The van der Waals surface area contributed by atoms with Crippen LogP contribution in [-0.4, -0.2) is 25.8 Å². The van der Waals surface area contributed by atoms with Crippen molar-refractivity contribution in [3.05, 3.63) is 71.3 Å². The van der Waals surface area contributed by atoms with Crippen LogP contribution in [-0.2, 0) is 9.59 Å². The van der Waals surface area contributed by atoms with Gasteiger partial charge in [0.25, 0.3) is 0 Å². The van der Waals surface area contributed by atoms with Gasteiger partial charge < -0.3 is 9.47 Å². The molecule has 2 aromatic carbocycles. The highest BCUT2D eigenvalue weighted by Crippen LogP contribution is 2.22. The summed E-state index contributed by atoms with van der Waals surface area (Å²) in [5.74, 6) is -1.03. The van der Waals surface area contributed by atoms with Gasteiger partial charge in [0.2, 0.25) is 0 Å². The molecule has 2 aromatic rings. The predicted octanol–water partition coefficient (Wildman–Crippen LogP) is 4.24. The van der Waals surface area contributed by atoms with Crippen LogP contribution in [0.2, 0.25) is 0 Å². The molecule has 0 bridgehead atoms. The van der Waals surface area contributed by atoms with Crippen molar-refractivity contribution >= 4 is 23.7 Å². The molecule has 0 amide bonds. The fraction of sp³-hybridized carbons (Fsp3) is 0.143. The minimum Gasteiger partial charge on any atom is -0.496 e. The van der Waals surface area contributed by atoms with Gasteiger partial charge in [-0.25, -0.2) is 8.78 Å². The van der Waals surface area contributed by atoms with E-state index in [9.17, 15) is 18.4 Å². The van der Waals surface area contributed by atoms with Gasteiger partial charge >= 0.3 is 0 Å². The number of halogens is 2. The molecule has 0 saturated carbocycles. The highest BCUT2D eigenvalue weighted by atomic mass is 19.1. The summed E-state index contributed by atoms with van der Waals surface area (Å²) < 4.78 is 36.8. The van der Waals surface area contributed by atoms with Crippen LogP contribution in [0.1, 0.15) is 17.5 Å². The molecular weight excluding hydrogens is 354 g/mol. The van der Waals surface area contributed by atoms with E-state index in [0.717, 1.165) is 0 Å². The molecule has 6 heteroatoms. The minimum absolute atomic E-state index is 0.373. The molecule has 0 aromatic heterocycles. The Labute approximate surface area is 155 Å². The number of carbonyl (C=O) groups is 2. The van der Waals surface area contributed by atoms with Crippen LogP contribution in [0, 0.1) is 11.6 Å². The molecule has 0 saturated heterocycles. The Hall–Kier alpha value is -3.28. The zero-order valence-electron chi connectivity index (χ0n) is 14.9. The molecule has 0 aliphatic carbocycles. The maximum atomic E-state index is 13.3. The number of ether oxygens (including phenoxy) is 2. The molecule has 0 N–H and O–H groups in total. The standard InChI is InChI=1S/C21H18F2O4/c1-26-20-9-5-16(22)11-14(20)3-7-18(24)13-19(25)8-4-15-12-17(23)6-10-21(15)27-2/h3-12H,13H2,1-2H3. The second-order valence-corrected chi connectivity index (χ2v) is 5.55. The third-order valence-electron chi connectivity index (χ3n) is 3.63. The van der Waals surface area contributed by atoms with E-state index >= 15 is 0 Å². The normalized spacial score (nSPS) is 11.1. The molecule has 0 aliphatic rings. The van der Waals surface area contributed by atoms with E-state index in [1.807, 2.05) is 0 Å². The predicted molar refractivity (Wildman–Crippen MR) is 98.6 cm³/mol. The van der Waals surface area contributed by atoms with Crippen LogP contribution in [0.5, 0.6) is 11.5 Å². The number of rotatable bonds is 8. The zero-order valence-corrected chi connectivity index (χ0v) is 14.9. The van der Waals surface area contributed by atoms with E-state index in [-0.39, 0.29) is 6.42 Å². The summed E-state index contributed by atoms with van der Waals surface area (Å²) in [7, 11) is 2.86. The molecule has 4 nitrogen and oxygen atoms in total. The van der Waals surface area contributed by atoms with Crippen molar-refractivity contribution in [1.82, 2.24) is 0 Å². The largest absolute Gasteiger partial charge is 0.496 e. The molecule has 2 rings (SSSR count). The SMILES string of the molecule is COc1ccc(F)cc1C=CC(=O)CC(=O)C=Cc1cc(F)ccc1OC. The van der Waals surface area contributed by atoms with Gasteiger partial charge in [0.15, 0.2) is 11.6 Å². The lowest BCUT2D eigenvalue weighted by Crippen LogP contribution is -2.02. The molecule has 0 atom stereocenters. The fourth-order valence-corrected chi connectivity index (χ4v) is 2.33. The number of carbonyl (C=O) groups excluding carboxylic acids is 2. The molecule has 0 aliphatic heterocycles. The van der Waals surface area contributed by atoms with Gasteiger partial charge in [0.05, 0.1) is 20.6 Å². The highest BCUT2D eigenvalue weighted by Gasteiger charge is 2.07. The average molecular weight is 372 g/mol. The van der Waals surface area contributed by atoms with E-state index in [4.69, 9.17) is 9.47 Å². The Morgan fingerprint density at radius 2 is 1.22 bits per heavy atom. The first-order chi connectivity index (χ1) is 12.9. The van der Waals surface area contributed by atoms with Crippen LogP contribution >= 0.6 is 0 Å². The zero-order chi connectivity index (χ0) is 19.8. The molecule has 0 heterocycles. The summed E-state index contributed by atoms with van der Waals surface area (Å²) in [5.41, 5.74) is 0.775. The van der Waals surface area contributed by atoms with E-state index < -0.39 is 23.2 Å². The van der Waals surface area contributed by atoms with Crippen molar-refractivity contribution in [2.24, 2.45) is 0 Å². The summed E-state index contributed by atoms with van der Waals surface area (Å²) in [6, 6.07) is 7.82. The van der Waals surface area contributed by atoms with Crippen LogP contribution in [0.3, 0.4) is 0 Å². The Kier molecular flexibility index (Phi) is 7.00. The van der Waals surface area contributed by atoms with Gasteiger partial charge in [-0.3, -0.25) is 9.59 Å². The molecule has 0 fully saturated rings. The maximum absolute atomic E-state index is 13.3. The monoisotopic (exact) mass is 372 g/mol. The summed E-state index contributed by atoms with van der Waals surface area (Å²) in [6.45, 7) is 0. The van der Waals surface area contributed by atoms with E-state index in [1.165, 1.54) is 74.9 Å². The van der Waals surface area contributed by atoms with Crippen molar-refractivity contribution in [2.75, 3.05) is 14.2 Å². The maximum Gasteiger partial charge on any atom is 0.163 e. The molecule has 27 heavy (non-hydrogen) atoms. The fourth-order valence-electron chi connectivity index (χ4n) is 2.33. The lowest BCUT2D eigenvalue weighted by atomic mass is 10.1. The number of benzene rings is 2. The van der Waals surface area contributed by atoms with Gasteiger partial charge in [0, 0.05) is 11.1 Å². The lowest BCUT2D eigenvalue weighted by Gasteiger charge is -2.04. The van der Waals surface area contributed by atoms with Crippen molar-refractivity contribution in [2.45, 2.75) is 6.42 Å². The van der Waals surface area contributed by atoms with E-state index in [2.05, 4.69) is 0 Å².